The first-order chi connectivity index (χ1) is 16.8. The minimum Gasteiger partial charge on any atom is -0.504 e. The van der Waals surface area contributed by atoms with Crippen LogP contribution in [0.1, 0.15) is 17.3 Å². The summed E-state index contributed by atoms with van der Waals surface area (Å²) in [7, 11) is 1.38. The molecule has 10 nitrogen and oxygen atoms in total. The van der Waals surface area contributed by atoms with Crippen molar-refractivity contribution in [2.45, 2.75) is 18.0 Å². The third kappa shape index (κ3) is 3.44. The van der Waals surface area contributed by atoms with Crippen molar-refractivity contribution in [1.29, 1.82) is 0 Å². The topological polar surface area (TPSA) is 145 Å². The largest absolute Gasteiger partial charge is 0.504 e. The van der Waals surface area contributed by atoms with Gasteiger partial charge in [-0.15, -0.1) is 0 Å². The van der Waals surface area contributed by atoms with Crippen LogP contribution in [0.4, 0.5) is 5.69 Å². The fraction of sp³-hybridized carbons (Fsp3) is 0.250. The number of imide groups is 1. The summed E-state index contributed by atoms with van der Waals surface area (Å²) in [4.78, 5) is 48.2. The van der Waals surface area contributed by atoms with Crippen LogP contribution in [0.15, 0.2) is 55.0 Å². The zero-order chi connectivity index (χ0) is 24.9. The van der Waals surface area contributed by atoms with E-state index in [0.29, 0.717) is 10.7 Å². The number of ether oxygens (including phenoxy) is 1. The summed E-state index contributed by atoms with van der Waals surface area (Å²) in [5, 5.41) is 24.8. The predicted octanol–water partition coefficient (Wildman–Crippen LogP) is 2.29. The van der Waals surface area contributed by atoms with Crippen LogP contribution >= 0.6 is 11.6 Å². The van der Waals surface area contributed by atoms with Gasteiger partial charge in [0.25, 0.3) is 0 Å². The number of hydrogen-bond acceptors (Lipinski definition) is 7. The summed E-state index contributed by atoms with van der Waals surface area (Å²) in [6.45, 7) is 0. The van der Waals surface area contributed by atoms with E-state index in [1.165, 1.54) is 31.8 Å². The number of para-hydroxylation sites is 1. The van der Waals surface area contributed by atoms with Crippen molar-refractivity contribution in [3.63, 3.8) is 0 Å². The van der Waals surface area contributed by atoms with E-state index in [2.05, 4.69) is 15.3 Å². The van der Waals surface area contributed by atoms with E-state index in [0.717, 1.165) is 4.90 Å². The molecule has 5 rings (SSSR count). The Bertz CT molecular complexity index is 1310. The summed E-state index contributed by atoms with van der Waals surface area (Å²) >= 11 is 5.98. The number of amides is 2. The van der Waals surface area contributed by atoms with Crippen LogP contribution in [0.25, 0.3) is 0 Å². The number of fused-ring (bicyclic) bond motifs is 1. The average molecular weight is 497 g/mol. The number of nitrogens with zero attached hydrogens (tertiary/aromatic N) is 2. The number of methoxy groups -OCH3 is 1. The second kappa shape index (κ2) is 8.40. The number of phenolic OH excluding ortho intramolecular Hbond substituents is 1. The Labute approximate surface area is 204 Å². The minimum atomic E-state index is -1.86. The van der Waals surface area contributed by atoms with E-state index in [1.807, 2.05) is 0 Å². The molecule has 4 atom stereocenters. The number of carbonyl (C=O) groups is 3. The highest BCUT2D eigenvalue weighted by molar-refractivity contribution is 6.31. The van der Waals surface area contributed by atoms with Gasteiger partial charge in [-0.3, -0.25) is 19.7 Å². The van der Waals surface area contributed by atoms with Gasteiger partial charge in [0.1, 0.15) is 5.54 Å². The smallest absolute Gasteiger partial charge is 0.325 e. The van der Waals surface area contributed by atoms with Gasteiger partial charge in [0.05, 0.1) is 31.0 Å². The molecule has 0 radical (unpaired) electrons. The maximum atomic E-state index is 13.8. The molecule has 180 valence electrons. The highest BCUT2D eigenvalue weighted by Gasteiger charge is 2.69. The SMILES string of the molecule is COc1cccc(C2NC(Cc3cnc[nH]3)(C(=O)O)C3C(=O)N(c4ccc(Cl)cc4)C(=O)C23)c1O. The number of anilines is 1. The number of aromatic amines is 1. The Balaban J connectivity index is 1.68. The molecule has 11 heteroatoms. The fourth-order valence-electron chi connectivity index (χ4n) is 5.19. The van der Waals surface area contributed by atoms with Crippen LogP contribution in [-0.4, -0.2) is 50.6 Å². The van der Waals surface area contributed by atoms with Crippen molar-refractivity contribution in [3.05, 3.63) is 71.3 Å². The molecular formula is C24H21ClN4O6. The molecule has 3 aromatic rings. The molecule has 2 aliphatic rings. The summed E-state index contributed by atoms with van der Waals surface area (Å²) in [6, 6.07) is 9.91. The number of aliphatic carboxylic acids is 1. The lowest BCUT2D eigenvalue weighted by atomic mass is 9.77. The first-order valence-corrected chi connectivity index (χ1v) is 11.1. The van der Waals surface area contributed by atoms with Crippen molar-refractivity contribution in [2.24, 2.45) is 11.8 Å². The Morgan fingerprint density at radius 3 is 2.57 bits per heavy atom. The molecule has 4 unspecified atom stereocenters. The average Bonchev–Trinajstić information content (AvgIpc) is 3.53. The van der Waals surface area contributed by atoms with E-state index in [1.54, 1.807) is 30.3 Å². The fourth-order valence-corrected chi connectivity index (χ4v) is 5.31. The molecular weight excluding hydrogens is 476 g/mol. The van der Waals surface area contributed by atoms with E-state index < -0.39 is 41.2 Å². The van der Waals surface area contributed by atoms with E-state index in [-0.39, 0.29) is 29.2 Å². The number of halogens is 1. The Morgan fingerprint density at radius 1 is 1.20 bits per heavy atom. The van der Waals surface area contributed by atoms with Crippen LogP contribution in [0.2, 0.25) is 5.02 Å². The predicted molar refractivity (Wildman–Crippen MR) is 124 cm³/mol. The number of carbonyl (C=O) groups excluding carboxylic acids is 2. The van der Waals surface area contributed by atoms with Crippen molar-refractivity contribution < 1.29 is 29.3 Å². The van der Waals surface area contributed by atoms with E-state index in [4.69, 9.17) is 16.3 Å². The van der Waals surface area contributed by atoms with Gasteiger partial charge >= 0.3 is 5.97 Å². The van der Waals surface area contributed by atoms with Gasteiger partial charge in [0, 0.05) is 34.9 Å². The van der Waals surface area contributed by atoms with Gasteiger partial charge in [0.2, 0.25) is 11.8 Å². The van der Waals surface area contributed by atoms with Gasteiger partial charge in [-0.05, 0) is 30.3 Å². The maximum Gasteiger partial charge on any atom is 0.325 e. The van der Waals surface area contributed by atoms with Crippen molar-refractivity contribution in [2.75, 3.05) is 12.0 Å². The monoisotopic (exact) mass is 496 g/mol. The van der Waals surface area contributed by atoms with E-state index >= 15 is 0 Å². The van der Waals surface area contributed by atoms with Crippen LogP contribution in [0, 0.1) is 11.8 Å². The number of phenols is 1. The number of aromatic hydroxyl groups is 1. The molecule has 2 saturated heterocycles. The zero-order valence-corrected chi connectivity index (χ0v) is 19.2. The molecule has 0 saturated carbocycles. The standard InChI is InChI=1S/C24H21ClN4O6/c1-35-16-4-2-3-15(20(16)30)19-17-18(24(28-19,23(33)34)9-13-10-26-11-27-13)22(32)29(21(17)31)14-7-5-12(25)6-8-14/h2-8,10-11,17-19,28,30H,9H2,1H3,(H,26,27)(H,33,34). The molecule has 2 fully saturated rings. The van der Waals surface area contributed by atoms with Crippen molar-refractivity contribution in [1.82, 2.24) is 15.3 Å². The maximum absolute atomic E-state index is 13.8. The molecule has 0 spiro atoms. The minimum absolute atomic E-state index is 0.141. The number of benzene rings is 2. The van der Waals surface area contributed by atoms with E-state index in [9.17, 15) is 24.6 Å². The van der Waals surface area contributed by atoms with Gasteiger partial charge in [-0.1, -0.05) is 23.7 Å². The van der Waals surface area contributed by atoms with Crippen LogP contribution in [-0.2, 0) is 20.8 Å². The zero-order valence-electron chi connectivity index (χ0n) is 18.4. The first kappa shape index (κ1) is 22.9. The second-order valence-electron chi connectivity index (χ2n) is 8.54. The van der Waals surface area contributed by atoms with Crippen molar-refractivity contribution in [3.8, 4) is 11.5 Å². The molecule has 0 aliphatic carbocycles. The van der Waals surface area contributed by atoms with Gasteiger partial charge in [-0.25, -0.2) is 9.88 Å². The lowest BCUT2D eigenvalue weighted by Crippen LogP contribution is -2.57. The molecule has 3 heterocycles. The number of nitrogens with one attached hydrogen (secondary N) is 2. The highest BCUT2D eigenvalue weighted by atomic mass is 35.5. The lowest BCUT2D eigenvalue weighted by molar-refractivity contribution is -0.148. The first-order valence-electron chi connectivity index (χ1n) is 10.8. The number of hydrogen-bond donors (Lipinski definition) is 4. The molecule has 35 heavy (non-hydrogen) atoms. The van der Waals surface area contributed by atoms with Gasteiger partial charge < -0.3 is 19.9 Å². The molecule has 2 aromatic carbocycles. The Hall–Kier alpha value is -3.89. The molecule has 0 bridgehead atoms. The van der Waals surface area contributed by atoms with Crippen LogP contribution in [0.3, 0.4) is 0 Å². The summed E-state index contributed by atoms with van der Waals surface area (Å²) in [6.07, 6.45) is 2.73. The normalized spacial score (nSPS) is 25.7. The second-order valence-corrected chi connectivity index (χ2v) is 8.98. The lowest BCUT2D eigenvalue weighted by Gasteiger charge is -2.31. The summed E-state index contributed by atoms with van der Waals surface area (Å²) < 4.78 is 5.21. The number of aromatic nitrogens is 2. The Morgan fingerprint density at radius 2 is 1.94 bits per heavy atom. The van der Waals surface area contributed by atoms with Crippen molar-refractivity contribution >= 4 is 35.1 Å². The quantitative estimate of drug-likeness (QED) is 0.380. The number of carboxylic acid groups (broad SMARTS) is 1. The molecule has 4 N–H and O–H groups in total. The number of H-pyrrole nitrogens is 1. The van der Waals surface area contributed by atoms with Crippen LogP contribution in [0.5, 0.6) is 11.5 Å². The van der Waals surface area contributed by atoms with Gasteiger partial charge in [0.15, 0.2) is 11.5 Å². The summed E-state index contributed by atoms with van der Waals surface area (Å²) in [5.74, 6) is -4.97. The number of carboxylic acids is 1. The van der Waals surface area contributed by atoms with Crippen LogP contribution < -0.4 is 15.0 Å². The van der Waals surface area contributed by atoms with Gasteiger partial charge in [-0.2, -0.15) is 0 Å². The summed E-state index contributed by atoms with van der Waals surface area (Å²) in [5.41, 5.74) is -0.843. The highest BCUT2D eigenvalue weighted by Crippen LogP contribution is 2.52. The third-order valence-corrected chi connectivity index (χ3v) is 6.98. The molecule has 2 aliphatic heterocycles. The third-order valence-electron chi connectivity index (χ3n) is 6.73. The number of rotatable bonds is 6. The Kier molecular flexibility index (Phi) is 5.49. The number of imidazole rings is 1. The molecule has 2 amide bonds. The molecule has 1 aromatic heterocycles.